The number of nitrogens with zero attached hydrogens (tertiary/aromatic N) is 2. The van der Waals surface area contributed by atoms with Crippen LogP contribution in [0, 0.1) is 34.3 Å². The van der Waals surface area contributed by atoms with Gasteiger partial charge in [-0.05, 0) is 68.3 Å². The Kier molecular flexibility index (Phi) is 4.54. The normalized spacial score (nSPS) is 31.9. The molecule has 4 fully saturated rings. The first kappa shape index (κ1) is 19.4. The smallest absolute Gasteiger partial charge is 0.273 e. The summed E-state index contributed by atoms with van der Waals surface area (Å²) in [6.07, 6.45) is 7.89. The van der Waals surface area contributed by atoms with Crippen molar-refractivity contribution in [1.82, 2.24) is 5.43 Å². The molecule has 7 heteroatoms. The molecule has 0 aliphatic heterocycles. The lowest BCUT2D eigenvalue weighted by molar-refractivity contribution is -0.380. The van der Waals surface area contributed by atoms with Crippen LogP contribution in [-0.2, 0) is 10.2 Å². The Labute approximate surface area is 179 Å². The van der Waals surface area contributed by atoms with E-state index in [1.54, 1.807) is 5.38 Å². The molecule has 4 aliphatic rings. The first-order valence-corrected chi connectivity index (χ1v) is 11.4. The van der Waals surface area contributed by atoms with Gasteiger partial charge >= 0.3 is 5.00 Å². The van der Waals surface area contributed by atoms with Gasteiger partial charge in [0.25, 0.3) is 0 Å². The summed E-state index contributed by atoms with van der Waals surface area (Å²) in [4.78, 5) is 23.7. The first-order chi connectivity index (χ1) is 14.4. The molecule has 1 aromatic carbocycles. The van der Waals surface area contributed by atoms with Gasteiger partial charge in [0.1, 0.15) is 0 Å². The van der Waals surface area contributed by atoms with E-state index in [0.717, 1.165) is 30.6 Å². The minimum atomic E-state index is -0.416. The lowest BCUT2D eigenvalue weighted by Gasteiger charge is -2.61. The Hall–Kier alpha value is -2.54. The van der Waals surface area contributed by atoms with E-state index in [4.69, 9.17) is 0 Å². The third kappa shape index (κ3) is 3.25. The third-order valence-corrected chi connectivity index (χ3v) is 8.27. The van der Waals surface area contributed by atoms with Gasteiger partial charge in [0.05, 0.1) is 16.6 Å². The highest BCUT2D eigenvalue weighted by Gasteiger charge is 2.60. The van der Waals surface area contributed by atoms with Crippen molar-refractivity contribution in [2.45, 2.75) is 50.9 Å². The standard InChI is InChI=1S/C23H25N3O3S/c1-15-2-4-19(5-3-15)22-8-16-6-17(9-22)11-23(10-16,14-22)21(27)25-24-12-18-7-20(26(28)29)30-13-18/h2-5,7,12-13,16-17H,6,8-11,14H2,1H3,(H,25,27)/b24-12-/t16-,17-,22?,23?/m1/s1. The molecule has 1 heterocycles. The van der Waals surface area contributed by atoms with Gasteiger partial charge in [-0.3, -0.25) is 14.9 Å². The van der Waals surface area contributed by atoms with Gasteiger partial charge in [-0.15, -0.1) is 0 Å². The molecule has 2 atom stereocenters. The number of hydrogen-bond donors (Lipinski definition) is 1. The zero-order chi connectivity index (χ0) is 20.9. The van der Waals surface area contributed by atoms with E-state index in [2.05, 4.69) is 41.7 Å². The molecule has 6 nitrogen and oxygen atoms in total. The molecule has 1 amide bonds. The summed E-state index contributed by atoms with van der Waals surface area (Å²) >= 11 is 1.06. The molecule has 0 radical (unpaired) electrons. The van der Waals surface area contributed by atoms with Crippen LogP contribution in [0.2, 0.25) is 0 Å². The van der Waals surface area contributed by atoms with Crippen molar-refractivity contribution in [3.05, 3.63) is 62.5 Å². The van der Waals surface area contributed by atoms with Crippen LogP contribution in [0.3, 0.4) is 0 Å². The number of nitro groups is 1. The molecule has 0 saturated heterocycles. The van der Waals surface area contributed by atoms with Gasteiger partial charge in [0.15, 0.2) is 0 Å². The number of nitrogens with one attached hydrogen (secondary N) is 1. The fourth-order valence-electron chi connectivity index (χ4n) is 6.56. The van der Waals surface area contributed by atoms with Crippen molar-refractivity contribution in [3.8, 4) is 0 Å². The minimum absolute atomic E-state index is 0.00839. The number of amides is 1. The summed E-state index contributed by atoms with van der Waals surface area (Å²) in [7, 11) is 0. The van der Waals surface area contributed by atoms with Gasteiger partial charge in [-0.2, -0.15) is 5.10 Å². The monoisotopic (exact) mass is 423 g/mol. The predicted octanol–water partition coefficient (Wildman–Crippen LogP) is 4.95. The molecule has 156 valence electrons. The average Bonchev–Trinajstić information content (AvgIpc) is 3.16. The molecule has 4 saturated carbocycles. The van der Waals surface area contributed by atoms with E-state index in [0.29, 0.717) is 17.4 Å². The van der Waals surface area contributed by atoms with Gasteiger partial charge in [-0.25, -0.2) is 5.43 Å². The number of hydrogen-bond acceptors (Lipinski definition) is 5. The van der Waals surface area contributed by atoms with Crippen molar-refractivity contribution in [1.29, 1.82) is 0 Å². The zero-order valence-corrected chi connectivity index (χ0v) is 17.8. The maximum absolute atomic E-state index is 13.3. The van der Waals surface area contributed by atoms with E-state index in [9.17, 15) is 14.9 Å². The fraction of sp³-hybridized carbons (Fsp3) is 0.478. The molecule has 6 rings (SSSR count). The second-order valence-electron chi connectivity index (χ2n) is 9.56. The molecule has 0 spiro atoms. The molecule has 4 aliphatic carbocycles. The lowest BCUT2D eigenvalue weighted by atomic mass is 9.42. The summed E-state index contributed by atoms with van der Waals surface area (Å²) in [5.41, 5.74) is 5.80. The van der Waals surface area contributed by atoms with Crippen LogP contribution in [0.1, 0.15) is 55.2 Å². The van der Waals surface area contributed by atoms with Crippen molar-refractivity contribution >= 4 is 28.5 Å². The summed E-state index contributed by atoms with van der Waals surface area (Å²) in [6, 6.07) is 10.4. The molecule has 1 N–H and O–H groups in total. The van der Waals surface area contributed by atoms with Crippen molar-refractivity contribution < 1.29 is 9.72 Å². The number of carbonyl (C=O) groups excluding carboxylic acids is 1. The average molecular weight is 424 g/mol. The van der Waals surface area contributed by atoms with Crippen LogP contribution in [0.15, 0.2) is 40.8 Å². The highest BCUT2D eigenvalue weighted by atomic mass is 32.1. The molecule has 4 bridgehead atoms. The van der Waals surface area contributed by atoms with Gasteiger partial charge in [0, 0.05) is 17.0 Å². The van der Waals surface area contributed by atoms with Crippen molar-refractivity contribution in [2.75, 3.05) is 0 Å². The zero-order valence-electron chi connectivity index (χ0n) is 17.0. The van der Waals surface area contributed by atoms with Crippen LogP contribution in [0.4, 0.5) is 5.00 Å². The molecule has 30 heavy (non-hydrogen) atoms. The summed E-state index contributed by atoms with van der Waals surface area (Å²) in [5, 5.41) is 16.7. The Balaban J connectivity index is 1.35. The van der Waals surface area contributed by atoms with E-state index in [-0.39, 0.29) is 21.7 Å². The predicted molar refractivity (Wildman–Crippen MR) is 117 cm³/mol. The lowest BCUT2D eigenvalue weighted by Crippen LogP contribution is -2.58. The number of carbonyl (C=O) groups is 1. The topological polar surface area (TPSA) is 84.6 Å². The summed E-state index contributed by atoms with van der Waals surface area (Å²) in [6.45, 7) is 2.11. The highest BCUT2D eigenvalue weighted by molar-refractivity contribution is 7.13. The van der Waals surface area contributed by atoms with Crippen LogP contribution < -0.4 is 5.43 Å². The maximum Gasteiger partial charge on any atom is 0.324 e. The SMILES string of the molecule is Cc1ccc(C23C[C@H]4C[C@@H](CC(C(=O)N/N=C\c5csc([N+](=O)[O-])c5)(C4)C2)C3)cc1. The number of thiophene rings is 1. The Morgan fingerprint density at radius 3 is 2.57 bits per heavy atom. The number of rotatable bonds is 5. The molecule has 0 unspecified atom stereocenters. The van der Waals surface area contributed by atoms with Crippen LogP contribution >= 0.6 is 11.3 Å². The number of benzene rings is 1. The Morgan fingerprint density at radius 1 is 1.23 bits per heavy atom. The van der Waals surface area contributed by atoms with Gasteiger partial charge < -0.3 is 0 Å². The largest absolute Gasteiger partial charge is 0.324 e. The van der Waals surface area contributed by atoms with E-state index in [1.807, 2.05) is 0 Å². The highest BCUT2D eigenvalue weighted by Crippen LogP contribution is 2.65. The quantitative estimate of drug-likeness (QED) is 0.419. The van der Waals surface area contributed by atoms with Crippen LogP contribution in [0.25, 0.3) is 0 Å². The fourth-order valence-corrected chi connectivity index (χ4v) is 7.24. The number of hydrazone groups is 1. The van der Waals surface area contributed by atoms with Crippen LogP contribution in [0.5, 0.6) is 0 Å². The second kappa shape index (κ2) is 7.01. The van der Waals surface area contributed by atoms with E-state index < -0.39 is 4.92 Å². The first-order valence-electron chi connectivity index (χ1n) is 10.5. The second-order valence-corrected chi connectivity index (χ2v) is 10.5. The van der Waals surface area contributed by atoms with Gasteiger partial charge in [0.2, 0.25) is 5.91 Å². The number of aryl methyl sites for hydroxylation is 1. The molecular weight excluding hydrogens is 398 g/mol. The van der Waals surface area contributed by atoms with Crippen molar-refractivity contribution in [3.63, 3.8) is 0 Å². The third-order valence-electron chi connectivity index (χ3n) is 7.37. The van der Waals surface area contributed by atoms with Gasteiger partial charge in [-0.1, -0.05) is 41.2 Å². The van der Waals surface area contributed by atoms with E-state index in [1.165, 1.54) is 42.7 Å². The summed E-state index contributed by atoms with van der Waals surface area (Å²) in [5.74, 6) is 1.21. The Bertz CT molecular complexity index is 1010. The molecule has 2 aromatic rings. The van der Waals surface area contributed by atoms with Crippen LogP contribution in [-0.4, -0.2) is 17.0 Å². The molecular formula is C23H25N3O3S. The molecule has 1 aromatic heterocycles. The van der Waals surface area contributed by atoms with E-state index >= 15 is 0 Å². The van der Waals surface area contributed by atoms with Crippen molar-refractivity contribution in [2.24, 2.45) is 22.4 Å². The Morgan fingerprint density at radius 2 is 1.93 bits per heavy atom. The minimum Gasteiger partial charge on any atom is -0.273 e. The summed E-state index contributed by atoms with van der Waals surface area (Å²) < 4.78 is 0. The maximum atomic E-state index is 13.3.